The largest absolute Gasteiger partial charge is 0.375 e. The standard InChI is InChI=1S/C14H24F2N2O2/c15-13(16)10-20-9-5-14(19)18-8-1-2-12(18)11-3-6-17-7-4-11/h11-13,17H,1-10H2. The minimum absolute atomic E-state index is 0.0558. The number of hydrogen-bond acceptors (Lipinski definition) is 3. The van der Waals surface area contributed by atoms with Gasteiger partial charge >= 0.3 is 0 Å². The van der Waals surface area contributed by atoms with Crippen LogP contribution in [0.25, 0.3) is 0 Å². The Hall–Kier alpha value is -0.750. The first-order valence-electron chi connectivity index (χ1n) is 7.54. The number of ether oxygens (including phenoxy) is 1. The molecule has 2 saturated heterocycles. The van der Waals surface area contributed by atoms with Gasteiger partial charge in [-0.05, 0) is 44.7 Å². The molecule has 20 heavy (non-hydrogen) atoms. The van der Waals surface area contributed by atoms with E-state index < -0.39 is 13.0 Å². The van der Waals surface area contributed by atoms with Gasteiger partial charge in [-0.3, -0.25) is 4.79 Å². The molecule has 0 saturated carbocycles. The summed E-state index contributed by atoms with van der Waals surface area (Å²) in [5, 5.41) is 3.34. The predicted molar refractivity (Wildman–Crippen MR) is 71.8 cm³/mol. The molecule has 2 heterocycles. The van der Waals surface area contributed by atoms with Crippen LogP contribution in [0.4, 0.5) is 8.78 Å². The zero-order chi connectivity index (χ0) is 14.4. The van der Waals surface area contributed by atoms with Gasteiger partial charge in [0.15, 0.2) is 0 Å². The lowest BCUT2D eigenvalue weighted by Crippen LogP contribution is -2.44. The summed E-state index contributed by atoms with van der Waals surface area (Å²) in [4.78, 5) is 14.1. The molecular formula is C14H24F2N2O2. The topological polar surface area (TPSA) is 41.6 Å². The Morgan fingerprint density at radius 2 is 2.05 bits per heavy atom. The third kappa shape index (κ3) is 4.38. The molecule has 6 heteroatoms. The van der Waals surface area contributed by atoms with Gasteiger partial charge in [0.05, 0.1) is 13.0 Å². The number of halogens is 2. The van der Waals surface area contributed by atoms with Gasteiger partial charge in [-0.1, -0.05) is 0 Å². The molecule has 116 valence electrons. The van der Waals surface area contributed by atoms with Gasteiger partial charge in [-0.2, -0.15) is 0 Å². The van der Waals surface area contributed by atoms with Crippen LogP contribution >= 0.6 is 0 Å². The van der Waals surface area contributed by atoms with Gasteiger partial charge in [-0.25, -0.2) is 8.78 Å². The second-order valence-electron chi connectivity index (χ2n) is 5.60. The first kappa shape index (κ1) is 15.6. The van der Waals surface area contributed by atoms with Crippen LogP contribution in [0.2, 0.25) is 0 Å². The summed E-state index contributed by atoms with van der Waals surface area (Å²) in [7, 11) is 0. The third-order valence-electron chi connectivity index (χ3n) is 4.25. The lowest BCUT2D eigenvalue weighted by molar-refractivity contribution is -0.134. The fraction of sp³-hybridized carbons (Fsp3) is 0.929. The second kappa shape index (κ2) is 7.88. The maximum Gasteiger partial charge on any atom is 0.261 e. The lowest BCUT2D eigenvalue weighted by Gasteiger charge is -2.34. The summed E-state index contributed by atoms with van der Waals surface area (Å²) >= 11 is 0. The van der Waals surface area contributed by atoms with Crippen LogP contribution in [-0.4, -0.2) is 56.1 Å². The predicted octanol–water partition coefficient (Wildman–Crippen LogP) is 1.65. The van der Waals surface area contributed by atoms with Crippen molar-refractivity contribution >= 4 is 5.91 Å². The van der Waals surface area contributed by atoms with Gasteiger partial charge in [0.25, 0.3) is 6.43 Å². The van der Waals surface area contributed by atoms with E-state index in [0.29, 0.717) is 12.0 Å². The summed E-state index contributed by atoms with van der Waals surface area (Å²) < 4.78 is 28.7. The molecule has 0 aliphatic carbocycles. The van der Waals surface area contributed by atoms with Crippen LogP contribution in [0.15, 0.2) is 0 Å². The summed E-state index contributed by atoms with van der Waals surface area (Å²) in [6.45, 7) is 2.38. The van der Waals surface area contributed by atoms with Crippen LogP contribution in [0, 0.1) is 5.92 Å². The zero-order valence-corrected chi connectivity index (χ0v) is 11.8. The number of piperidine rings is 1. The van der Waals surface area contributed by atoms with Crippen molar-refractivity contribution in [2.24, 2.45) is 5.92 Å². The third-order valence-corrected chi connectivity index (χ3v) is 4.25. The molecule has 1 N–H and O–H groups in total. The minimum atomic E-state index is -2.46. The summed E-state index contributed by atoms with van der Waals surface area (Å²) in [5.74, 6) is 0.644. The number of nitrogens with zero attached hydrogens (tertiary/aromatic N) is 1. The van der Waals surface area contributed by atoms with E-state index in [1.54, 1.807) is 0 Å². The maximum absolute atomic E-state index is 12.2. The summed E-state index contributed by atoms with van der Waals surface area (Å²) in [6.07, 6.45) is 2.13. The molecule has 1 atom stereocenters. The van der Waals surface area contributed by atoms with Crippen LogP contribution < -0.4 is 5.32 Å². The normalized spacial score (nSPS) is 24.6. The van der Waals surface area contributed by atoms with Crippen LogP contribution in [0.3, 0.4) is 0 Å². The average Bonchev–Trinajstić information content (AvgIpc) is 2.93. The lowest BCUT2D eigenvalue weighted by atomic mass is 9.88. The van der Waals surface area contributed by atoms with Crippen molar-refractivity contribution in [3.8, 4) is 0 Å². The number of alkyl halides is 2. The Kier molecular flexibility index (Phi) is 6.16. The van der Waals surface area contributed by atoms with Gasteiger partial charge in [-0.15, -0.1) is 0 Å². The Labute approximate surface area is 118 Å². The van der Waals surface area contributed by atoms with Crippen molar-refractivity contribution in [3.05, 3.63) is 0 Å². The Morgan fingerprint density at radius 1 is 1.30 bits per heavy atom. The number of rotatable bonds is 6. The van der Waals surface area contributed by atoms with E-state index in [-0.39, 0.29) is 18.9 Å². The molecule has 1 amide bonds. The molecule has 1 unspecified atom stereocenters. The Balaban J connectivity index is 1.75. The van der Waals surface area contributed by atoms with Crippen molar-refractivity contribution in [3.63, 3.8) is 0 Å². The molecule has 0 spiro atoms. The fourth-order valence-corrected chi connectivity index (χ4v) is 3.30. The maximum atomic E-state index is 12.2. The van der Waals surface area contributed by atoms with E-state index in [0.717, 1.165) is 45.3 Å². The van der Waals surface area contributed by atoms with E-state index in [9.17, 15) is 13.6 Å². The Morgan fingerprint density at radius 3 is 2.75 bits per heavy atom. The first-order valence-corrected chi connectivity index (χ1v) is 7.54. The van der Waals surface area contributed by atoms with Crippen molar-refractivity contribution in [1.29, 1.82) is 0 Å². The number of nitrogens with one attached hydrogen (secondary N) is 1. The molecule has 2 aliphatic rings. The summed E-state index contributed by atoms with van der Waals surface area (Å²) in [6, 6.07) is 0.347. The van der Waals surface area contributed by atoms with E-state index in [1.165, 1.54) is 0 Å². The number of carbonyl (C=O) groups excluding carboxylic acids is 1. The highest BCUT2D eigenvalue weighted by atomic mass is 19.3. The van der Waals surface area contributed by atoms with E-state index in [1.807, 2.05) is 4.90 Å². The molecule has 0 radical (unpaired) electrons. The summed E-state index contributed by atoms with van der Waals surface area (Å²) in [5.41, 5.74) is 0. The van der Waals surface area contributed by atoms with Gasteiger partial charge in [0, 0.05) is 12.6 Å². The SMILES string of the molecule is O=C(CCOCC(F)F)N1CCCC1C1CCNCC1. The average molecular weight is 290 g/mol. The zero-order valence-electron chi connectivity index (χ0n) is 11.8. The van der Waals surface area contributed by atoms with Crippen molar-refractivity contribution < 1.29 is 18.3 Å². The van der Waals surface area contributed by atoms with E-state index >= 15 is 0 Å². The number of amides is 1. The molecule has 0 bridgehead atoms. The number of hydrogen-bond donors (Lipinski definition) is 1. The molecule has 0 aromatic carbocycles. The molecule has 2 rings (SSSR count). The van der Waals surface area contributed by atoms with E-state index in [2.05, 4.69) is 5.32 Å². The molecule has 4 nitrogen and oxygen atoms in total. The van der Waals surface area contributed by atoms with Crippen molar-refractivity contribution in [2.45, 2.75) is 44.6 Å². The second-order valence-corrected chi connectivity index (χ2v) is 5.60. The monoisotopic (exact) mass is 290 g/mol. The minimum Gasteiger partial charge on any atom is -0.375 e. The molecular weight excluding hydrogens is 266 g/mol. The number of carbonyl (C=O) groups is 1. The van der Waals surface area contributed by atoms with Crippen LogP contribution in [0.1, 0.15) is 32.1 Å². The highest BCUT2D eigenvalue weighted by molar-refractivity contribution is 5.77. The van der Waals surface area contributed by atoms with Gasteiger partial charge in [0.1, 0.15) is 6.61 Å². The van der Waals surface area contributed by atoms with Gasteiger partial charge in [0.2, 0.25) is 5.91 Å². The van der Waals surface area contributed by atoms with Crippen LogP contribution in [0.5, 0.6) is 0 Å². The molecule has 0 aromatic rings. The van der Waals surface area contributed by atoms with Crippen molar-refractivity contribution in [1.82, 2.24) is 10.2 Å². The first-order chi connectivity index (χ1) is 9.68. The molecule has 2 fully saturated rings. The van der Waals surface area contributed by atoms with E-state index in [4.69, 9.17) is 4.74 Å². The fourth-order valence-electron chi connectivity index (χ4n) is 3.30. The Bertz CT molecular complexity index is 310. The quantitative estimate of drug-likeness (QED) is 0.756. The highest BCUT2D eigenvalue weighted by Crippen LogP contribution is 2.29. The van der Waals surface area contributed by atoms with Gasteiger partial charge < -0.3 is 15.0 Å². The smallest absolute Gasteiger partial charge is 0.261 e. The highest BCUT2D eigenvalue weighted by Gasteiger charge is 2.34. The molecule has 2 aliphatic heterocycles. The number of likely N-dealkylation sites (tertiary alicyclic amines) is 1. The van der Waals surface area contributed by atoms with Crippen molar-refractivity contribution in [2.75, 3.05) is 32.8 Å². The van der Waals surface area contributed by atoms with Crippen LogP contribution in [-0.2, 0) is 9.53 Å². The molecule has 0 aromatic heterocycles.